The van der Waals surface area contributed by atoms with Crippen molar-refractivity contribution in [3.8, 4) is 5.75 Å². The summed E-state index contributed by atoms with van der Waals surface area (Å²) < 4.78 is 32.2. The van der Waals surface area contributed by atoms with Crippen LogP contribution in [0.25, 0.3) is 0 Å². The number of hydrogen-bond donors (Lipinski definition) is 1. The maximum atomic E-state index is 12.9. The van der Waals surface area contributed by atoms with E-state index in [9.17, 15) is 13.2 Å². The van der Waals surface area contributed by atoms with Crippen LogP contribution in [-0.2, 0) is 14.8 Å². The smallest absolute Gasteiger partial charge is 0.258 e. The molecule has 1 aliphatic heterocycles. The predicted octanol–water partition coefficient (Wildman–Crippen LogP) is 2.31. The Morgan fingerprint density at radius 3 is 2.71 bits per heavy atom. The number of carbonyl (C=O) groups excluding carboxylic acids is 1. The Morgan fingerprint density at radius 1 is 1.25 bits per heavy atom. The number of hydrazone groups is 1. The average Bonchev–Trinajstić information content (AvgIpc) is 3.19. The van der Waals surface area contributed by atoms with E-state index in [1.165, 1.54) is 10.5 Å². The van der Waals surface area contributed by atoms with E-state index in [0.29, 0.717) is 25.1 Å². The summed E-state index contributed by atoms with van der Waals surface area (Å²) in [6.45, 7) is 2.21. The predicted molar refractivity (Wildman–Crippen MR) is 107 cm³/mol. The molecule has 1 unspecified atom stereocenters. The van der Waals surface area contributed by atoms with Gasteiger partial charge in [-0.05, 0) is 49.6 Å². The Labute approximate surface area is 165 Å². The van der Waals surface area contributed by atoms with Crippen LogP contribution in [0, 0.1) is 6.92 Å². The van der Waals surface area contributed by atoms with Crippen molar-refractivity contribution in [1.82, 2.24) is 9.73 Å². The monoisotopic (exact) mass is 401 g/mol. The van der Waals surface area contributed by atoms with Crippen molar-refractivity contribution in [3.63, 3.8) is 0 Å². The molecule has 148 valence electrons. The maximum absolute atomic E-state index is 12.9. The molecule has 0 radical (unpaired) electrons. The summed E-state index contributed by atoms with van der Waals surface area (Å²) in [6.07, 6.45) is 2.59. The molecule has 28 heavy (non-hydrogen) atoms. The minimum atomic E-state index is -3.73. The number of aryl methyl sites for hydroxylation is 1. The molecule has 0 bridgehead atoms. The van der Waals surface area contributed by atoms with Gasteiger partial charge in [0.05, 0.1) is 18.2 Å². The first-order valence-corrected chi connectivity index (χ1v) is 10.4. The van der Waals surface area contributed by atoms with Crippen LogP contribution < -0.4 is 10.2 Å². The summed E-state index contributed by atoms with van der Waals surface area (Å²) in [4.78, 5) is 12.7. The van der Waals surface area contributed by atoms with Crippen molar-refractivity contribution in [3.05, 3.63) is 59.7 Å². The van der Waals surface area contributed by atoms with Crippen LogP contribution >= 0.6 is 0 Å². The summed E-state index contributed by atoms with van der Waals surface area (Å²) in [6, 6.07) is 13.1. The molecule has 1 aliphatic rings. The van der Waals surface area contributed by atoms with Gasteiger partial charge in [-0.2, -0.15) is 9.41 Å². The zero-order chi connectivity index (χ0) is 20.1. The minimum Gasteiger partial charge on any atom is -0.497 e. The van der Waals surface area contributed by atoms with E-state index in [-0.39, 0.29) is 4.90 Å². The van der Waals surface area contributed by atoms with Gasteiger partial charge in [-0.15, -0.1) is 0 Å². The molecule has 1 heterocycles. The molecule has 1 fully saturated rings. The summed E-state index contributed by atoms with van der Waals surface area (Å²) in [5.74, 6) is 0.244. The van der Waals surface area contributed by atoms with E-state index in [4.69, 9.17) is 4.74 Å². The number of rotatable bonds is 6. The highest BCUT2D eigenvalue weighted by atomic mass is 32.2. The van der Waals surface area contributed by atoms with E-state index < -0.39 is 22.0 Å². The number of carbonyl (C=O) groups is 1. The van der Waals surface area contributed by atoms with Crippen LogP contribution in [-0.4, -0.2) is 44.5 Å². The molecule has 2 aromatic carbocycles. The molecule has 8 heteroatoms. The Bertz CT molecular complexity index is 971. The second kappa shape index (κ2) is 8.53. The lowest BCUT2D eigenvalue weighted by Crippen LogP contribution is -2.44. The molecule has 3 rings (SSSR count). The van der Waals surface area contributed by atoms with E-state index in [1.54, 1.807) is 37.4 Å². The third kappa shape index (κ3) is 4.40. The molecule has 1 saturated heterocycles. The summed E-state index contributed by atoms with van der Waals surface area (Å²) in [5.41, 5.74) is 4.19. The molecule has 1 N–H and O–H groups in total. The van der Waals surface area contributed by atoms with Crippen molar-refractivity contribution < 1.29 is 17.9 Å². The van der Waals surface area contributed by atoms with Crippen molar-refractivity contribution in [2.45, 2.75) is 30.7 Å². The lowest BCUT2D eigenvalue weighted by atomic mass is 10.2. The zero-order valence-electron chi connectivity index (χ0n) is 15.8. The molecule has 7 nitrogen and oxygen atoms in total. The van der Waals surface area contributed by atoms with Crippen LogP contribution in [0.1, 0.15) is 24.0 Å². The first kappa shape index (κ1) is 20.0. The third-order valence-corrected chi connectivity index (χ3v) is 6.54. The number of sulfonamides is 1. The first-order chi connectivity index (χ1) is 13.4. The maximum Gasteiger partial charge on any atom is 0.258 e. The average molecular weight is 401 g/mol. The van der Waals surface area contributed by atoms with Gasteiger partial charge in [-0.3, -0.25) is 4.79 Å². The standard InChI is InChI=1S/C20H23N3O4S/c1-15-8-10-18(11-9-15)28(25,26)23-12-4-7-19(23)20(24)22-21-14-16-5-3-6-17(13-16)27-2/h3,5-6,8-11,13-14,19H,4,7,12H2,1-2H3,(H,22,24). The minimum absolute atomic E-state index is 0.192. The number of benzene rings is 2. The Hall–Kier alpha value is -2.71. The van der Waals surface area contributed by atoms with Crippen LogP contribution in [0.15, 0.2) is 58.5 Å². The lowest BCUT2D eigenvalue weighted by molar-refractivity contribution is -0.124. The largest absolute Gasteiger partial charge is 0.497 e. The van der Waals surface area contributed by atoms with Gasteiger partial charge < -0.3 is 4.74 Å². The molecule has 1 atom stereocenters. The van der Waals surface area contributed by atoms with Gasteiger partial charge in [0.1, 0.15) is 11.8 Å². The highest BCUT2D eigenvalue weighted by Gasteiger charge is 2.39. The molecule has 2 aromatic rings. The van der Waals surface area contributed by atoms with Gasteiger partial charge in [-0.1, -0.05) is 29.8 Å². The Balaban J connectivity index is 1.70. The number of amides is 1. The summed E-state index contributed by atoms with van der Waals surface area (Å²) >= 11 is 0. The van der Waals surface area contributed by atoms with Crippen molar-refractivity contribution >= 4 is 22.1 Å². The molecule has 0 aliphatic carbocycles. The van der Waals surface area contributed by atoms with Crippen molar-refractivity contribution in [2.75, 3.05) is 13.7 Å². The second-order valence-corrected chi connectivity index (χ2v) is 8.49. The molecular weight excluding hydrogens is 378 g/mol. The van der Waals surface area contributed by atoms with E-state index >= 15 is 0 Å². The number of nitrogens with zero attached hydrogens (tertiary/aromatic N) is 2. The van der Waals surface area contributed by atoms with E-state index in [0.717, 1.165) is 11.1 Å². The zero-order valence-corrected chi connectivity index (χ0v) is 16.6. The second-order valence-electron chi connectivity index (χ2n) is 6.60. The highest BCUT2D eigenvalue weighted by Crippen LogP contribution is 2.26. The van der Waals surface area contributed by atoms with Gasteiger partial charge in [0.2, 0.25) is 10.0 Å². The first-order valence-electron chi connectivity index (χ1n) is 8.97. The third-order valence-electron chi connectivity index (χ3n) is 4.62. The van der Waals surface area contributed by atoms with Gasteiger partial charge in [-0.25, -0.2) is 13.8 Å². The molecule has 0 spiro atoms. The van der Waals surface area contributed by atoms with E-state index in [1.807, 2.05) is 25.1 Å². The lowest BCUT2D eigenvalue weighted by Gasteiger charge is -2.22. The number of nitrogens with one attached hydrogen (secondary N) is 1. The molecule has 0 saturated carbocycles. The van der Waals surface area contributed by atoms with Gasteiger partial charge >= 0.3 is 0 Å². The topological polar surface area (TPSA) is 88.1 Å². The Kier molecular flexibility index (Phi) is 6.11. The molecule has 0 aromatic heterocycles. The van der Waals surface area contributed by atoms with E-state index in [2.05, 4.69) is 10.5 Å². The Morgan fingerprint density at radius 2 is 2.00 bits per heavy atom. The quantitative estimate of drug-likeness (QED) is 0.594. The van der Waals surface area contributed by atoms with Crippen LogP contribution in [0.2, 0.25) is 0 Å². The number of ether oxygens (including phenoxy) is 1. The fourth-order valence-electron chi connectivity index (χ4n) is 3.10. The van der Waals surface area contributed by atoms with Crippen LogP contribution in [0.3, 0.4) is 0 Å². The fraction of sp³-hybridized carbons (Fsp3) is 0.300. The SMILES string of the molecule is COc1cccc(C=NNC(=O)C2CCCN2S(=O)(=O)c2ccc(C)cc2)c1. The van der Waals surface area contributed by atoms with Gasteiger partial charge in [0, 0.05) is 6.54 Å². The normalized spacial score (nSPS) is 17.7. The summed E-state index contributed by atoms with van der Waals surface area (Å²) in [7, 11) is -2.16. The van der Waals surface area contributed by atoms with Gasteiger partial charge in [0.15, 0.2) is 0 Å². The van der Waals surface area contributed by atoms with Gasteiger partial charge in [0.25, 0.3) is 5.91 Å². The molecular formula is C20H23N3O4S. The highest BCUT2D eigenvalue weighted by molar-refractivity contribution is 7.89. The molecule has 1 amide bonds. The van der Waals surface area contributed by atoms with Crippen LogP contribution in [0.5, 0.6) is 5.75 Å². The summed E-state index contributed by atoms with van der Waals surface area (Å²) in [5, 5.41) is 3.96. The van der Waals surface area contributed by atoms with Crippen LogP contribution in [0.4, 0.5) is 0 Å². The fourth-order valence-corrected chi connectivity index (χ4v) is 4.76. The van der Waals surface area contributed by atoms with Crippen molar-refractivity contribution in [1.29, 1.82) is 0 Å². The van der Waals surface area contributed by atoms with Crippen molar-refractivity contribution in [2.24, 2.45) is 5.10 Å². The number of methoxy groups -OCH3 is 1. The number of hydrogen-bond acceptors (Lipinski definition) is 5.